The fraction of sp³-hybridized carbons (Fsp3) is 0.227. The van der Waals surface area contributed by atoms with Crippen molar-refractivity contribution in [2.24, 2.45) is 0 Å². The van der Waals surface area contributed by atoms with Crippen LogP contribution in [0.4, 0.5) is 4.39 Å². The summed E-state index contributed by atoms with van der Waals surface area (Å²) in [5, 5.41) is 0.867. The minimum atomic E-state index is -0.255. The van der Waals surface area contributed by atoms with E-state index >= 15 is 0 Å². The molecular weight excluding hydrogens is 359 g/mol. The summed E-state index contributed by atoms with van der Waals surface area (Å²) in [5.74, 6) is 0.810. The Balaban J connectivity index is 1.55. The zero-order valence-corrected chi connectivity index (χ0v) is 15.8. The standard InChI is InChI=1S/C22H21FN2O3/c1-27-20-6-3-15(11-21(20)28-2)22(26)25-9-7-14(8-10-25)18-13-24-19-5-4-16(23)12-17(18)19/h3-7,11-13,24H,8-10H2,1-2H3. The first-order valence-electron chi connectivity index (χ1n) is 9.08. The van der Waals surface area contributed by atoms with Crippen molar-refractivity contribution in [2.75, 3.05) is 27.3 Å². The summed E-state index contributed by atoms with van der Waals surface area (Å²) in [5.41, 5.74) is 3.57. The number of carbonyl (C=O) groups is 1. The summed E-state index contributed by atoms with van der Waals surface area (Å²) in [6.45, 7) is 1.10. The van der Waals surface area contributed by atoms with E-state index in [2.05, 4.69) is 4.98 Å². The van der Waals surface area contributed by atoms with E-state index in [1.54, 1.807) is 49.5 Å². The van der Waals surface area contributed by atoms with Crippen LogP contribution in [-0.4, -0.2) is 43.1 Å². The molecule has 1 aromatic heterocycles. The lowest BCUT2D eigenvalue weighted by molar-refractivity contribution is 0.0772. The molecule has 0 spiro atoms. The molecule has 28 heavy (non-hydrogen) atoms. The number of carbonyl (C=O) groups excluding carboxylic acids is 1. The number of nitrogens with one attached hydrogen (secondary N) is 1. The van der Waals surface area contributed by atoms with Crippen molar-refractivity contribution >= 4 is 22.4 Å². The topological polar surface area (TPSA) is 54.6 Å². The second-order valence-electron chi connectivity index (χ2n) is 6.69. The molecule has 0 aliphatic carbocycles. The number of halogens is 1. The Labute approximate surface area is 162 Å². The van der Waals surface area contributed by atoms with Gasteiger partial charge in [0.15, 0.2) is 11.5 Å². The molecule has 1 aliphatic heterocycles. The molecule has 4 rings (SSSR count). The maximum absolute atomic E-state index is 13.6. The average Bonchev–Trinajstić information content (AvgIpc) is 3.15. The largest absolute Gasteiger partial charge is 0.493 e. The van der Waals surface area contributed by atoms with Gasteiger partial charge in [-0.05, 0) is 48.4 Å². The van der Waals surface area contributed by atoms with E-state index in [0.717, 1.165) is 22.0 Å². The molecule has 0 bridgehead atoms. The second kappa shape index (κ2) is 7.38. The Hall–Kier alpha value is -3.28. The third-order valence-electron chi connectivity index (χ3n) is 5.12. The van der Waals surface area contributed by atoms with Crippen molar-refractivity contribution in [2.45, 2.75) is 6.42 Å². The molecule has 1 aliphatic rings. The van der Waals surface area contributed by atoms with E-state index in [1.807, 2.05) is 12.3 Å². The van der Waals surface area contributed by atoms with Gasteiger partial charge in [-0.15, -0.1) is 0 Å². The molecule has 0 fully saturated rings. The summed E-state index contributed by atoms with van der Waals surface area (Å²) < 4.78 is 24.1. The third-order valence-corrected chi connectivity index (χ3v) is 5.12. The summed E-state index contributed by atoms with van der Waals surface area (Å²) in [6.07, 6.45) is 4.65. The van der Waals surface area contributed by atoms with Crippen molar-refractivity contribution in [1.82, 2.24) is 9.88 Å². The van der Waals surface area contributed by atoms with Crippen LogP contribution in [0.1, 0.15) is 22.3 Å². The van der Waals surface area contributed by atoms with Crippen LogP contribution in [0.15, 0.2) is 48.7 Å². The Morgan fingerprint density at radius 2 is 1.93 bits per heavy atom. The fourth-order valence-electron chi connectivity index (χ4n) is 3.61. The van der Waals surface area contributed by atoms with Gasteiger partial charge in [-0.1, -0.05) is 6.08 Å². The smallest absolute Gasteiger partial charge is 0.254 e. The van der Waals surface area contributed by atoms with Crippen LogP contribution < -0.4 is 9.47 Å². The minimum absolute atomic E-state index is 0.0544. The summed E-state index contributed by atoms with van der Waals surface area (Å²) in [7, 11) is 3.11. The Morgan fingerprint density at radius 3 is 2.64 bits per heavy atom. The van der Waals surface area contributed by atoms with Crippen molar-refractivity contribution in [3.8, 4) is 11.5 Å². The summed E-state index contributed by atoms with van der Waals surface area (Å²) in [4.78, 5) is 17.8. The number of aromatic amines is 1. The molecule has 0 unspecified atom stereocenters. The van der Waals surface area contributed by atoms with Crippen LogP contribution in [-0.2, 0) is 0 Å². The average molecular weight is 380 g/mol. The van der Waals surface area contributed by atoms with Crippen LogP contribution >= 0.6 is 0 Å². The number of H-pyrrole nitrogens is 1. The number of hydrogen-bond donors (Lipinski definition) is 1. The second-order valence-corrected chi connectivity index (χ2v) is 6.69. The highest BCUT2D eigenvalue weighted by atomic mass is 19.1. The highest BCUT2D eigenvalue weighted by Gasteiger charge is 2.21. The molecule has 144 valence electrons. The van der Waals surface area contributed by atoms with E-state index in [4.69, 9.17) is 9.47 Å². The van der Waals surface area contributed by atoms with Crippen molar-refractivity contribution in [1.29, 1.82) is 0 Å². The molecule has 0 saturated heterocycles. The van der Waals surface area contributed by atoms with Gasteiger partial charge in [-0.3, -0.25) is 4.79 Å². The highest BCUT2D eigenvalue weighted by Crippen LogP contribution is 2.31. The molecule has 6 heteroatoms. The van der Waals surface area contributed by atoms with Crippen molar-refractivity contribution < 1.29 is 18.7 Å². The first-order chi connectivity index (χ1) is 13.6. The Kier molecular flexibility index (Phi) is 4.77. The molecule has 0 saturated carbocycles. The number of hydrogen-bond acceptors (Lipinski definition) is 3. The van der Waals surface area contributed by atoms with E-state index in [1.165, 1.54) is 6.07 Å². The molecule has 2 aromatic carbocycles. The van der Waals surface area contributed by atoms with Gasteiger partial charge in [0.05, 0.1) is 14.2 Å². The zero-order valence-electron chi connectivity index (χ0n) is 15.8. The Morgan fingerprint density at radius 1 is 1.11 bits per heavy atom. The van der Waals surface area contributed by atoms with Gasteiger partial charge in [0.1, 0.15) is 5.82 Å². The SMILES string of the molecule is COc1ccc(C(=O)N2CC=C(c3c[nH]c4ccc(F)cc34)CC2)cc1OC. The molecule has 2 heterocycles. The van der Waals surface area contributed by atoms with E-state index in [0.29, 0.717) is 36.6 Å². The lowest BCUT2D eigenvalue weighted by Gasteiger charge is -2.27. The molecule has 5 nitrogen and oxygen atoms in total. The molecular formula is C22H21FN2O3. The van der Waals surface area contributed by atoms with Gasteiger partial charge in [-0.25, -0.2) is 4.39 Å². The summed E-state index contributed by atoms with van der Waals surface area (Å²) in [6, 6.07) is 9.90. The van der Waals surface area contributed by atoms with Crippen LogP contribution in [0, 0.1) is 5.82 Å². The first kappa shape index (κ1) is 18.1. The van der Waals surface area contributed by atoms with E-state index in [9.17, 15) is 9.18 Å². The molecule has 0 atom stereocenters. The van der Waals surface area contributed by atoms with Gasteiger partial charge >= 0.3 is 0 Å². The number of nitrogens with zero attached hydrogens (tertiary/aromatic N) is 1. The van der Waals surface area contributed by atoms with Gasteiger partial charge in [-0.2, -0.15) is 0 Å². The summed E-state index contributed by atoms with van der Waals surface area (Å²) >= 11 is 0. The van der Waals surface area contributed by atoms with Crippen LogP contribution in [0.5, 0.6) is 11.5 Å². The van der Waals surface area contributed by atoms with Gasteiger partial charge in [0, 0.05) is 41.3 Å². The zero-order chi connectivity index (χ0) is 19.7. The normalized spacial score (nSPS) is 14.1. The predicted octanol–water partition coefficient (Wildman–Crippen LogP) is 4.25. The number of methoxy groups -OCH3 is 2. The number of ether oxygens (including phenoxy) is 2. The molecule has 1 N–H and O–H groups in total. The third kappa shape index (κ3) is 3.22. The molecule has 0 radical (unpaired) electrons. The van der Waals surface area contributed by atoms with Gasteiger partial charge < -0.3 is 19.4 Å². The minimum Gasteiger partial charge on any atom is -0.493 e. The maximum atomic E-state index is 13.6. The highest BCUT2D eigenvalue weighted by molar-refractivity contribution is 5.96. The van der Waals surface area contributed by atoms with Crippen LogP contribution in [0.3, 0.4) is 0 Å². The molecule has 1 amide bonds. The van der Waals surface area contributed by atoms with Crippen LogP contribution in [0.2, 0.25) is 0 Å². The first-order valence-corrected chi connectivity index (χ1v) is 9.08. The van der Waals surface area contributed by atoms with Crippen LogP contribution in [0.25, 0.3) is 16.5 Å². The van der Waals surface area contributed by atoms with Crippen molar-refractivity contribution in [3.63, 3.8) is 0 Å². The maximum Gasteiger partial charge on any atom is 0.254 e. The van der Waals surface area contributed by atoms with E-state index < -0.39 is 0 Å². The lowest BCUT2D eigenvalue weighted by Crippen LogP contribution is -2.34. The number of rotatable bonds is 4. The quantitative estimate of drug-likeness (QED) is 0.736. The monoisotopic (exact) mass is 380 g/mol. The number of amides is 1. The number of aromatic nitrogens is 1. The van der Waals surface area contributed by atoms with Gasteiger partial charge in [0.25, 0.3) is 5.91 Å². The van der Waals surface area contributed by atoms with Gasteiger partial charge in [0.2, 0.25) is 0 Å². The fourth-order valence-corrected chi connectivity index (χ4v) is 3.61. The lowest BCUT2D eigenvalue weighted by atomic mass is 9.98. The molecule has 3 aromatic rings. The Bertz CT molecular complexity index is 1070. The number of benzene rings is 2. The number of fused-ring (bicyclic) bond motifs is 1. The van der Waals surface area contributed by atoms with E-state index in [-0.39, 0.29) is 11.7 Å². The van der Waals surface area contributed by atoms with Crippen molar-refractivity contribution in [3.05, 3.63) is 65.6 Å². The predicted molar refractivity (Wildman–Crippen MR) is 106 cm³/mol.